The maximum absolute atomic E-state index is 13.5. The average Bonchev–Trinajstić information content (AvgIpc) is 3.76. The summed E-state index contributed by atoms with van der Waals surface area (Å²) in [7, 11) is 0. The number of hydrogen-bond acceptors (Lipinski definition) is 4. The largest absolute Gasteiger partial charge is 0.344 e. The first-order valence-corrected chi connectivity index (χ1v) is 15.2. The van der Waals surface area contributed by atoms with E-state index >= 15 is 0 Å². The number of hydrogen-bond donors (Lipinski definition) is 3. The molecule has 42 heavy (non-hydrogen) atoms. The van der Waals surface area contributed by atoms with Crippen molar-refractivity contribution in [3.8, 4) is 11.8 Å². The highest BCUT2D eigenvalue weighted by Gasteiger charge is 2.46. The van der Waals surface area contributed by atoms with Gasteiger partial charge in [0, 0.05) is 12.1 Å². The lowest BCUT2D eigenvalue weighted by Gasteiger charge is -2.20. The second-order valence-corrected chi connectivity index (χ2v) is 11.9. The van der Waals surface area contributed by atoms with Gasteiger partial charge >= 0.3 is 11.8 Å². The van der Waals surface area contributed by atoms with Gasteiger partial charge in [-0.2, -0.15) is 0 Å². The zero-order valence-electron chi connectivity index (χ0n) is 23.8. The number of allylic oxidation sites excluding steroid dienone is 4. The summed E-state index contributed by atoms with van der Waals surface area (Å²) in [6, 6.07) is 13.7. The molecule has 1 aliphatic heterocycles. The number of rotatable bonds is 6. The molecule has 1 unspecified atom stereocenters. The lowest BCUT2D eigenvalue weighted by molar-refractivity contribution is -0.139. The van der Waals surface area contributed by atoms with Gasteiger partial charge in [-0.1, -0.05) is 79.6 Å². The zero-order chi connectivity index (χ0) is 29.5. The van der Waals surface area contributed by atoms with Gasteiger partial charge in [-0.15, -0.1) is 0 Å². The lowest BCUT2D eigenvalue weighted by Crippen LogP contribution is -2.40. The van der Waals surface area contributed by atoms with Crippen molar-refractivity contribution < 1.29 is 14.4 Å². The molecule has 2 aromatic carbocycles. The van der Waals surface area contributed by atoms with Gasteiger partial charge in [0.2, 0.25) is 0 Å². The summed E-state index contributed by atoms with van der Waals surface area (Å²) in [6.07, 6.45) is 13.6. The van der Waals surface area contributed by atoms with Crippen LogP contribution in [-0.4, -0.2) is 24.3 Å². The Kier molecular flexibility index (Phi) is 9.14. The van der Waals surface area contributed by atoms with E-state index in [0.29, 0.717) is 17.0 Å². The molecule has 214 valence electrons. The molecule has 0 saturated heterocycles. The second-order valence-electron chi connectivity index (χ2n) is 11.0. The molecule has 3 amide bonds. The van der Waals surface area contributed by atoms with E-state index in [4.69, 9.17) is 0 Å². The predicted molar refractivity (Wildman–Crippen MR) is 169 cm³/mol. The topological polar surface area (TPSA) is 87.3 Å². The van der Waals surface area contributed by atoms with Crippen LogP contribution in [0.3, 0.4) is 0 Å². The van der Waals surface area contributed by atoms with Gasteiger partial charge < -0.3 is 16.0 Å². The Morgan fingerprint density at radius 1 is 1.07 bits per heavy atom. The SMILES string of the molecule is C=C1C=CSC(C#CCNC(=O)C(=O)NCc2ccccc2C(=O)NC2(c3ccc4/c(c3)=C\C(C)CCC/C=4)CC2)=C1. The number of nitrogens with one attached hydrogen (secondary N) is 3. The van der Waals surface area contributed by atoms with Crippen molar-refractivity contribution in [2.24, 2.45) is 5.92 Å². The van der Waals surface area contributed by atoms with E-state index in [0.717, 1.165) is 35.3 Å². The molecule has 1 atom stereocenters. The van der Waals surface area contributed by atoms with Gasteiger partial charge in [0.05, 0.1) is 17.0 Å². The molecule has 3 aliphatic rings. The van der Waals surface area contributed by atoms with Crippen molar-refractivity contribution in [1.29, 1.82) is 0 Å². The third-order valence-electron chi connectivity index (χ3n) is 7.68. The highest BCUT2D eigenvalue weighted by atomic mass is 32.2. The Bertz CT molecular complexity index is 1670. The van der Waals surface area contributed by atoms with Gasteiger partial charge in [0.25, 0.3) is 5.91 Å². The Morgan fingerprint density at radius 2 is 1.88 bits per heavy atom. The monoisotopic (exact) mass is 577 g/mol. The van der Waals surface area contributed by atoms with Crippen LogP contribution in [0.1, 0.15) is 60.5 Å². The lowest BCUT2D eigenvalue weighted by atomic mass is 9.95. The summed E-state index contributed by atoms with van der Waals surface area (Å²) < 4.78 is 0. The minimum absolute atomic E-state index is 0.0405. The van der Waals surface area contributed by atoms with Crippen molar-refractivity contribution in [2.75, 3.05) is 6.54 Å². The van der Waals surface area contributed by atoms with E-state index < -0.39 is 17.4 Å². The van der Waals surface area contributed by atoms with Crippen LogP contribution < -0.4 is 26.4 Å². The fourth-order valence-corrected chi connectivity index (χ4v) is 5.92. The summed E-state index contributed by atoms with van der Waals surface area (Å²) in [5, 5.41) is 12.8. The molecule has 2 aliphatic carbocycles. The van der Waals surface area contributed by atoms with E-state index in [1.165, 1.54) is 35.0 Å². The molecule has 5 rings (SSSR count). The van der Waals surface area contributed by atoms with Gasteiger partial charge in [0.15, 0.2) is 0 Å². The third-order valence-corrected chi connectivity index (χ3v) is 8.43. The normalized spacial score (nSPS) is 19.9. The molecular formula is C35H35N3O3S. The summed E-state index contributed by atoms with van der Waals surface area (Å²) in [5.41, 5.74) is 2.70. The van der Waals surface area contributed by atoms with Crippen LogP contribution in [0.2, 0.25) is 0 Å². The number of fused-ring (bicyclic) bond motifs is 1. The number of thioether (sulfide) groups is 1. The first-order valence-electron chi connectivity index (χ1n) is 14.3. The van der Waals surface area contributed by atoms with Gasteiger partial charge in [-0.3, -0.25) is 14.4 Å². The van der Waals surface area contributed by atoms with Crippen molar-refractivity contribution >= 4 is 41.6 Å². The van der Waals surface area contributed by atoms with Crippen molar-refractivity contribution in [3.63, 3.8) is 0 Å². The maximum Gasteiger partial charge on any atom is 0.310 e. The van der Waals surface area contributed by atoms with Crippen LogP contribution in [0.15, 0.2) is 77.1 Å². The minimum Gasteiger partial charge on any atom is -0.344 e. The van der Waals surface area contributed by atoms with E-state index in [1.54, 1.807) is 18.2 Å². The number of benzene rings is 2. The van der Waals surface area contributed by atoms with Crippen molar-refractivity contribution in [2.45, 2.75) is 51.1 Å². The average molecular weight is 578 g/mol. The van der Waals surface area contributed by atoms with Crippen molar-refractivity contribution in [1.82, 2.24) is 16.0 Å². The Hall–Kier alpha value is -4.28. The fraction of sp³-hybridized carbons (Fsp3) is 0.286. The first-order chi connectivity index (χ1) is 20.3. The highest BCUT2D eigenvalue weighted by Crippen LogP contribution is 2.45. The number of carbonyl (C=O) groups is 3. The molecule has 1 heterocycles. The van der Waals surface area contributed by atoms with E-state index in [2.05, 4.69) is 71.6 Å². The molecule has 6 nitrogen and oxygen atoms in total. The molecule has 1 saturated carbocycles. The van der Waals surface area contributed by atoms with E-state index in [-0.39, 0.29) is 19.0 Å². The third kappa shape index (κ3) is 7.32. The molecule has 3 N–H and O–H groups in total. The Labute approximate surface area is 251 Å². The van der Waals surface area contributed by atoms with Crippen LogP contribution in [0.25, 0.3) is 12.2 Å². The molecule has 0 radical (unpaired) electrons. The summed E-state index contributed by atoms with van der Waals surface area (Å²) in [5.74, 6) is 4.56. The summed E-state index contributed by atoms with van der Waals surface area (Å²) >= 11 is 1.47. The van der Waals surface area contributed by atoms with Crippen LogP contribution in [0, 0.1) is 17.8 Å². The fourth-order valence-electron chi connectivity index (χ4n) is 5.18. The number of carbonyl (C=O) groups excluding carboxylic acids is 3. The zero-order valence-corrected chi connectivity index (χ0v) is 24.6. The van der Waals surface area contributed by atoms with Gasteiger partial charge in [0.1, 0.15) is 0 Å². The minimum atomic E-state index is -0.781. The first kappa shape index (κ1) is 29.2. The molecule has 0 spiro atoms. The van der Waals surface area contributed by atoms with E-state index in [1.807, 2.05) is 23.6 Å². The highest BCUT2D eigenvalue weighted by molar-refractivity contribution is 8.06. The maximum atomic E-state index is 13.5. The molecule has 2 aromatic rings. The molecule has 1 fully saturated rings. The smallest absolute Gasteiger partial charge is 0.310 e. The predicted octanol–water partition coefficient (Wildman–Crippen LogP) is 3.92. The Balaban J connectivity index is 1.20. The van der Waals surface area contributed by atoms with Crippen LogP contribution in [0.4, 0.5) is 0 Å². The number of amides is 3. The second kappa shape index (κ2) is 13.1. The van der Waals surface area contributed by atoms with Gasteiger partial charge in [-0.05, 0) is 94.9 Å². The summed E-state index contributed by atoms with van der Waals surface area (Å²) in [4.78, 5) is 39.0. The van der Waals surface area contributed by atoms with Gasteiger partial charge in [-0.25, -0.2) is 0 Å². The molecule has 0 bridgehead atoms. The molecule has 0 aromatic heterocycles. The quantitative estimate of drug-likeness (QED) is 0.359. The van der Waals surface area contributed by atoms with Crippen LogP contribution >= 0.6 is 11.8 Å². The van der Waals surface area contributed by atoms with E-state index in [9.17, 15) is 14.4 Å². The van der Waals surface area contributed by atoms with Crippen LogP contribution in [-0.2, 0) is 21.7 Å². The molecule has 7 heteroatoms. The Morgan fingerprint density at radius 3 is 2.69 bits per heavy atom. The molecular weight excluding hydrogens is 542 g/mol. The standard InChI is InChI=1S/C35H35N3O3S/c1-24-8-3-4-9-26-13-14-29(22-28(26)20-24)35(16-17-35)38-32(39)31-12-6-5-10-27(31)23-37-34(41)33(40)36-18-7-11-30-21-25(2)15-19-42-30/h5-6,9-10,12-15,19-22,24H,2-4,8,16-18,23H2,1H3,(H,36,40)(H,37,41)(H,38,39)/b26-9+,28-20-. The van der Waals surface area contributed by atoms with Crippen LogP contribution in [0.5, 0.6) is 0 Å². The van der Waals surface area contributed by atoms with Crippen molar-refractivity contribution in [3.05, 3.63) is 104 Å². The summed E-state index contributed by atoms with van der Waals surface area (Å²) in [6.45, 7) is 6.22.